The molecule has 0 unspecified atom stereocenters. The fraction of sp³-hybridized carbons (Fsp3) is 0.571. The van der Waals surface area contributed by atoms with Crippen LogP contribution in [0, 0.1) is 10.1 Å². The minimum absolute atomic E-state index is 0.260. The minimum Gasteiger partial charge on any atom is -0.258 e. The molecule has 2 rings (SSSR count). The molecule has 0 radical (unpaired) electrons. The topological polar surface area (TPSA) is 43.1 Å². The number of nitrogens with zero attached hydrogens (tertiary/aromatic N) is 1. The fourth-order valence-electron chi connectivity index (χ4n) is 2.46. The predicted octanol–water partition coefficient (Wildman–Crippen LogP) is 4.58. The molecule has 1 aliphatic carbocycles. The predicted molar refractivity (Wildman–Crippen MR) is 75.2 cm³/mol. The van der Waals surface area contributed by atoms with E-state index in [1.807, 2.05) is 30.8 Å². The van der Waals surface area contributed by atoms with Crippen molar-refractivity contribution in [2.75, 3.05) is 0 Å². The molecule has 4 heteroatoms. The van der Waals surface area contributed by atoms with Crippen LogP contribution in [-0.4, -0.2) is 10.2 Å². The molecule has 18 heavy (non-hydrogen) atoms. The molecule has 0 saturated heterocycles. The molecule has 0 N–H and O–H groups in total. The van der Waals surface area contributed by atoms with Crippen LogP contribution >= 0.6 is 11.8 Å². The lowest BCUT2D eigenvalue weighted by Crippen LogP contribution is -2.07. The van der Waals surface area contributed by atoms with Crippen molar-refractivity contribution >= 4 is 17.4 Å². The summed E-state index contributed by atoms with van der Waals surface area (Å²) in [5.41, 5.74) is 1.10. The van der Waals surface area contributed by atoms with Crippen molar-refractivity contribution < 1.29 is 4.92 Å². The van der Waals surface area contributed by atoms with E-state index in [9.17, 15) is 10.1 Å². The van der Waals surface area contributed by atoms with Crippen molar-refractivity contribution in [3.05, 3.63) is 33.9 Å². The summed E-state index contributed by atoms with van der Waals surface area (Å²) in [5, 5.41) is 11.7. The standard InChI is InChI=1S/C14H19NO2S/c1-2-11-8-9-13(10-14(11)15(16)17)18-12-6-4-3-5-7-12/h8-10,12H,2-7H2,1H3. The summed E-state index contributed by atoms with van der Waals surface area (Å²) in [5.74, 6) is 0. The Morgan fingerprint density at radius 1 is 1.33 bits per heavy atom. The number of nitro groups is 1. The molecule has 0 spiro atoms. The van der Waals surface area contributed by atoms with Gasteiger partial charge in [0.25, 0.3) is 5.69 Å². The smallest absolute Gasteiger partial charge is 0.258 e. The molecule has 1 aliphatic rings. The SMILES string of the molecule is CCc1ccc(SC2CCCCC2)cc1[N+](=O)[O-]. The van der Waals surface area contributed by atoms with Crippen molar-refractivity contribution in [3.63, 3.8) is 0 Å². The van der Waals surface area contributed by atoms with E-state index in [1.165, 1.54) is 32.1 Å². The van der Waals surface area contributed by atoms with Crippen molar-refractivity contribution in [3.8, 4) is 0 Å². The molecule has 0 amide bonds. The Labute approximate surface area is 112 Å². The van der Waals surface area contributed by atoms with E-state index in [0.29, 0.717) is 11.7 Å². The molecule has 3 nitrogen and oxygen atoms in total. The van der Waals surface area contributed by atoms with E-state index in [-0.39, 0.29) is 10.6 Å². The summed E-state index contributed by atoms with van der Waals surface area (Å²) in [6.07, 6.45) is 7.14. The Kier molecular flexibility index (Phi) is 4.64. The summed E-state index contributed by atoms with van der Waals surface area (Å²) >= 11 is 1.81. The van der Waals surface area contributed by atoms with Gasteiger partial charge in [0.2, 0.25) is 0 Å². The maximum absolute atomic E-state index is 11.0. The minimum atomic E-state index is -0.260. The third-order valence-corrected chi connectivity index (χ3v) is 4.82. The Balaban J connectivity index is 2.13. The monoisotopic (exact) mass is 265 g/mol. The summed E-state index contributed by atoms with van der Waals surface area (Å²) < 4.78 is 0. The second-order valence-electron chi connectivity index (χ2n) is 4.78. The number of hydrogen-bond acceptors (Lipinski definition) is 3. The van der Waals surface area contributed by atoms with Crippen LogP contribution in [0.4, 0.5) is 5.69 Å². The van der Waals surface area contributed by atoms with Crippen LogP contribution in [0.15, 0.2) is 23.1 Å². The lowest BCUT2D eigenvalue weighted by Gasteiger charge is -2.20. The van der Waals surface area contributed by atoms with Crippen LogP contribution < -0.4 is 0 Å². The van der Waals surface area contributed by atoms with Crippen LogP contribution in [0.1, 0.15) is 44.6 Å². The Hall–Kier alpha value is -1.03. The van der Waals surface area contributed by atoms with Gasteiger partial charge in [-0.15, -0.1) is 11.8 Å². The van der Waals surface area contributed by atoms with Gasteiger partial charge in [0, 0.05) is 21.8 Å². The zero-order valence-electron chi connectivity index (χ0n) is 10.7. The molecule has 1 fully saturated rings. The number of thioether (sulfide) groups is 1. The van der Waals surface area contributed by atoms with E-state index in [1.54, 1.807) is 6.07 Å². The molecule has 0 bridgehead atoms. The van der Waals surface area contributed by atoms with Gasteiger partial charge in [-0.25, -0.2) is 0 Å². The molecule has 0 atom stereocenters. The lowest BCUT2D eigenvalue weighted by atomic mass is 10.0. The molecule has 1 aromatic carbocycles. The van der Waals surface area contributed by atoms with E-state index >= 15 is 0 Å². The summed E-state index contributed by atoms with van der Waals surface area (Å²) in [6, 6.07) is 5.69. The highest BCUT2D eigenvalue weighted by Crippen LogP contribution is 2.35. The third kappa shape index (κ3) is 3.25. The average molecular weight is 265 g/mol. The first-order valence-electron chi connectivity index (χ1n) is 6.64. The van der Waals surface area contributed by atoms with Gasteiger partial charge in [-0.05, 0) is 25.3 Å². The van der Waals surface area contributed by atoms with Gasteiger partial charge in [0.15, 0.2) is 0 Å². The first kappa shape index (κ1) is 13.4. The van der Waals surface area contributed by atoms with Crippen LogP contribution in [0.2, 0.25) is 0 Å². The lowest BCUT2D eigenvalue weighted by molar-refractivity contribution is -0.385. The molecule has 1 aromatic rings. The van der Waals surface area contributed by atoms with Gasteiger partial charge in [0.05, 0.1) is 4.92 Å². The zero-order valence-corrected chi connectivity index (χ0v) is 11.5. The Morgan fingerprint density at radius 3 is 2.67 bits per heavy atom. The number of aryl methyl sites for hydroxylation is 1. The first-order valence-corrected chi connectivity index (χ1v) is 7.52. The largest absolute Gasteiger partial charge is 0.273 e. The Morgan fingerprint density at radius 2 is 2.06 bits per heavy atom. The number of benzene rings is 1. The third-order valence-electron chi connectivity index (χ3n) is 3.49. The zero-order chi connectivity index (χ0) is 13.0. The van der Waals surface area contributed by atoms with E-state index in [2.05, 4.69) is 0 Å². The van der Waals surface area contributed by atoms with Gasteiger partial charge in [0.1, 0.15) is 0 Å². The molecule has 0 aromatic heterocycles. The van der Waals surface area contributed by atoms with Gasteiger partial charge in [-0.1, -0.05) is 32.3 Å². The first-order chi connectivity index (χ1) is 8.70. The van der Waals surface area contributed by atoms with Gasteiger partial charge < -0.3 is 0 Å². The maximum atomic E-state index is 11.0. The van der Waals surface area contributed by atoms with E-state index < -0.39 is 0 Å². The quantitative estimate of drug-likeness (QED) is 0.591. The summed E-state index contributed by atoms with van der Waals surface area (Å²) in [4.78, 5) is 11.8. The summed E-state index contributed by atoms with van der Waals surface area (Å²) in [6.45, 7) is 1.95. The van der Waals surface area contributed by atoms with Gasteiger partial charge >= 0.3 is 0 Å². The fourth-order valence-corrected chi connectivity index (χ4v) is 3.74. The Bertz CT molecular complexity index is 428. The molecular weight excluding hydrogens is 246 g/mol. The van der Waals surface area contributed by atoms with Crippen molar-refractivity contribution in [2.45, 2.75) is 55.6 Å². The molecular formula is C14H19NO2S. The van der Waals surface area contributed by atoms with Crippen molar-refractivity contribution in [1.29, 1.82) is 0 Å². The van der Waals surface area contributed by atoms with Crippen LogP contribution in [-0.2, 0) is 6.42 Å². The van der Waals surface area contributed by atoms with E-state index in [4.69, 9.17) is 0 Å². The maximum Gasteiger partial charge on any atom is 0.273 e. The number of hydrogen-bond donors (Lipinski definition) is 0. The van der Waals surface area contributed by atoms with Crippen LogP contribution in [0.5, 0.6) is 0 Å². The highest BCUT2D eigenvalue weighted by Gasteiger charge is 2.18. The molecule has 1 saturated carbocycles. The van der Waals surface area contributed by atoms with Gasteiger partial charge in [-0.2, -0.15) is 0 Å². The van der Waals surface area contributed by atoms with Crippen LogP contribution in [0.3, 0.4) is 0 Å². The highest BCUT2D eigenvalue weighted by molar-refractivity contribution is 8.00. The van der Waals surface area contributed by atoms with Crippen molar-refractivity contribution in [2.24, 2.45) is 0 Å². The molecule has 98 valence electrons. The van der Waals surface area contributed by atoms with Gasteiger partial charge in [-0.3, -0.25) is 10.1 Å². The highest BCUT2D eigenvalue weighted by atomic mass is 32.2. The second-order valence-corrected chi connectivity index (χ2v) is 6.15. The molecule has 0 heterocycles. The van der Waals surface area contributed by atoms with E-state index in [0.717, 1.165) is 10.5 Å². The van der Waals surface area contributed by atoms with Crippen LogP contribution in [0.25, 0.3) is 0 Å². The molecule has 0 aliphatic heterocycles. The summed E-state index contributed by atoms with van der Waals surface area (Å²) in [7, 11) is 0. The number of nitro benzene ring substituents is 1. The number of rotatable bonds is 4. The second kappa shape index (κ2) is 6.23. The van der Waals surface area contributed by atoms with Crippen molar-refractivity contribution in [1.82, 2.24) is 0 Å². The normalized spacial score (nSPS) is 16.7. The average Bonchev–Trinajstić information content (AvgIpc) is 2.40.